The van der Waals surface area contributed by atoms with Gasteiger partial charge in [0.2, 0.25) is 0 Å². The van der Waals surface area contributed by atoms with Gasteiger partial charge in [-0.1, -0.05) is 13.3 Å². The molecule has 1 heterocycles. The van der Waals surface area contributed by atoms with E-state index in [0.29, 0.717) is 18.9 Å². The van der Waals surface area contributed by atoms with Gasteiger partial charge in [-0.15, -0.1) is 0 Å². The quantitative estimate of drug-likeness (QED) is 0.414. The van der Waals surface area contributed by atoms with E-state index < -0.39 is 6.09 Å². The lowest BCUT2D eigenvalue weighted by atomic mass is 10.4. The van der Waals surface area contributed by atoms with E-state index in [4.69, 9.17) is 13.7 Å². The molecule has 1 amide bonds. The van der Waals surface area contributed by atoms with Gasteiger partial charge in [-0.2, -0.15) is 4.31 Å². The van der Waals surface area contributed by atoms with Gasteiger partial charge in [-0.05, 0) is 6.42 Å². The largest absolute Gasteiger partial charge is 0.448 e. The van der Waals surface area contributed by atoms with Gasteiger partial charge in [0, 0.05) is 7.11 Å². The third-order valence-corrected chi connectivity index (χ3v) is 2.46. The van der Waals surface area contributed by atoms with Crippen molar-refractivity contribution in [2.24, 2.45) is 0 Å². The normalized spacial score (nSPS) is 14.8. The third-order valence-electron chi connectivity index (χ3n) is 1.74. The summed E-state index contributed by atoms with van der Waals surface area (Å²) >= 11 is 0.943. The molecule has 1 aliphatic rings. The average molecular weight is 233 g/mol. The summed E-state index contributed by atoms with van der Waals surface area (Å²) < 4.78 is 16.2. The highest BCUT2D eigenvalue weighted by Gasteiger charge is 2.26. The third kappa shape index (κ3) is 3.64. The van der Waals surface area contributed by atoms with Crippen LogP contribution >= 0.6 is 12.2 Å². The Kier molecular flexibility index (Phi) is 5.34. The number of methoxy groups -OCH3 is 1. The Bertz CT molecular complexity index is 244. The number of amides is 1. The average Bonchev–Trinajstić information content (AvgIpc) is 2.67. The van der Waals surface area contributed by atoms with E-state index in [1.807, 2.05) is 6.92 Å². The zero-order chi connectivity index (χ0) is 11.1. The smallest absolute Gasteiger partial charge is 0.427 e. The summed E-state index contributed by atoms with van der Waals surface area (Å²) in [5, 5.41) is 0. The van der Waals surface area contributed by atoms with Crippen molar-refractivity contribution >= 4 is 18.3 Å². The Hall–Kier alpha value is -0.880. The minimum Gasteiger partial charge on any atom is -0.448 e. The number of hydrogen-bond donors (Lipinski definition) is 0. The van der Waals surface area contributed by atoms with Gasteiger partial charge in [-0.25, -0.2) is 4.79 Å². The highest BCUT2D eigenvalue weighted by molar-refractivity contribution is 7.93. The van der Waals surface area contributed by atoms with Crippen LogP contribution in [0.2, 0.25) is 0 Å². The molecule has 0 aromatic heterocycles. The lowest BCUT2D eigenvalue weighted by Gasteiger charge is -2.14. The Morgan fingerprint density at radius 1 is 1.67 bits per heavy atom. The van der Waals surface area contributed by atoms with E-state index >= 15 is 0 Å². The van der Waals surface area contributed by atoms with Gasteiger partial charge >= 0.3 is 6.09 Å². The molecule has 0 radical (unpaired) electrons. The molecule has 0 atom stereocenters. The van der Waals surface area contributed by atoms with Crippen LogP contribution in [0, 0.1) is 0 Å². The van der Waals surface area contributed by atoms with Crippen LogP contribution in [0.1, 0.15) is 19.8 Å². The van der Waals surface area contributed by atoms with Crippen molar-refractivity contribution in [2.45, 2.75) is 19.8 Å². The molecule has 0 saturated heterocycles. The summed E-state index contributed by atoms with van der Waals surface area (Å²) in [6, 6.07) is 0. The van der Waals surface area contributed by atoms with Crippen LogP contribution in [-0.4, -0.2) is 30.7 Å². The second kappa shape index (κ2) is 6.58. The zero-order valence-electron chi connectivity index (χ0n) is 8.89. The maximum absolute atomic E-state index is 11.5. The Labute approximate surface area is 93.7 Å². The highest BCUT2D eigenvalue weighted by atomic mass is 32.2. The first-order valence-electron chi connectivity index (χ1n) is 4.78. The van der Waals surface area contributed by atoms with Crippen LogP contribution in [-0.2, 0) is 13.7 Å². The number of rotatable bonds is 5. The molecule has 0 aromatic rings. The molecule has 15 heavy (non-hydrogen) atoms. The molecule has 0 bridgehead atoms. The van der Waals surface area contributed by atoms with Crippen molar-refractivity contribution in [3.8, 4) is 0 Å². The van der Waals surface area contributed by atoms with Crippen LogP contribution in [0.3, 0.4) is 0 Å². The van der Waals surface area contributed by atoms with Gasteiger partial charge in [-0.3, -0.25) is 0 Å². The van der Waals surface area contributed by atoms with Gasteiger partial charge in [0.25, 0.3) is 0 Å². The molecule has 0 saturated carbocycles. The van der Waals surface area contributed by atoms with Crippen molar-refractivity contribution in [1.29, 1.82) is 0 Å². The van der Waals surface area contributed by atoms with E-state index in [0.717, 1.165) is 25.1 Å². The molecule has 86 valence electrons. The van der Waals surface area contributed by atoms with E-state index in [-0.39, 0.29) is 0 Å². The molecule has 1 rings (SSSR count). The van der Waals surface area contributed by atoms with Crippen LogP contribution in [0.15, 0.2) is 12.0 Å². The van der Waals surface area contributed by atoms with E-state index in [1.165, 1.54) is 10.6 Å². The minimum absolute atomic E-state index is 0.329. The molecule has 0 aliphatic carbocycles. The monoisotopic (exact) mass is 233 g/mol. The van der Waals surface area contributed by atoms with E-state index in [9.17, 15) is 4.79 Å². The first-order chi connectivity index (χ1) is 7.29. The van der Waals surface area contributed by atoms with Crippen LogP contribution in [0.4, 0.5) is 4.79 Å². The molecule has 0 unspecified atom stereocenters. The number of ether oxygens (including phenoxy) is 2. The Morgan fingerprint density at radius 2 is 2.47 bits per heavy atom. The van der Waals surface area contributed by atoms with Crippen molar-refractivity contribution < 1.29 is 18.5 Å². The SMILES string of the molecule is CCCCOC(=O)N1SOC=C1COC. The molecule has 1 aliphatic heterocycles. The molecule has 0 N–H and O–H groups in total. The highest BCUT2D eigenvalue weighted by Crippen LogP contribution is 2.27. The van der Waals surface area contributed by atoms with Crippen molar-refractivity contribution in [2.75, 3.05) is 20.3 Å². The van der Waals surface area contributed by atoms with Crippen molar-refractivity contribution in [3.05, 3.63) is 12.0 Å². The van der Waals surface area contributed by atoms with Gasteiger partial charge in [0.05, 0.1) is 13.2 Å². The second-order valence-electron chi connectivity index (χ2n) is 2.98. The zero-order valence-corrected chi connectivity index (χ0v) is 9.71. The summed E-state index contributed by atoms with van der Waals surface area (Å²) in [4.78, 5) is 11.5. The number of nitrogens with zero attached hydrogens (tertiary/aromatic N) is 1. The molecule has 6 heteroatoms. The van der Waals surface area contributed by atoms with E-state index in [1.54, 1.807) is 7.11 Å². The summed E-state index contributed by atoms with van der Waals surface area (Å²) in [6.07, 6.45) is 2.94. The fourth-order valence-corrected chi connectivity index (χ4v) is 1.51. The summed E-state index contributed by atoms with van der Waals surface area (Å²) in [5.41, 5.74) is 0.656. The number of unbranched alkanes of at least 4 members (excludes halogenated alkanes) is 1. The molecule has 0 spiro atoms. The van der Waals surface area contributed by atoms with Crippen LogP contribution < -0.4 is 0 Å². The fourth-order valence-electron chi connectivity index (χ4n) is 0.966. The lowest BCUT2D eigenvalue weighted by molar-refractivity contribution is 0.127. The van der Waals surface area contributed by atoms with Crippen LogP contribution in [0.25, 0.3) is 0 Å². The molecule has 0 aromatic carbocycles. The second-order valence-corrected chi connectivity index (χ2v) is 3.68. The minimum atomic E-state index is -0.408. The number of carbonyl (C=O) groups excluding carboxylic acids is 1. The standard InChI is InChI=1S/C9H15NO4S/c1-3-4-5-13-9(11)10-8(6-12-2)7-14-15-10/h7H,3-6H2,1-2H3. The van der Waals surface area contributed by atoms with Crippen molar-refractivity contribution in [3.63, 3.8) is 0 Å². The molecular weight excluding hydrogens is 218 g/mol. The number of carbonyl (C=O) groups is 1. The fraction of sp³-hybridized carbons (Fsp3) is 0.667. The van der Waals surface area contributed by atoms with Crippen molar-refractivity contribution in [1.82, 2.24) is 4.31 Å². The molecule has 5 nitrogen and oxygen atoms in total. The summed E-state index contributed by atoms with van der Waals surface area (Å²) in [6.45, 7) is 2.81. The maximum atomic E-state index is 11.5. The molecular formula is C9H15NO4S. The first-order valence-corrected chi connectivity index (χ1v) is 5.47. The lowest BCUT2D eigenvalue weighted by Crippen LogP contribution is -2.24. The topological polar surface area (TPSA) is 48.0 Å². The van der Waals surface area contributed by atoms with Gasteiger partial charge in [0.15, 0.2) is 12.2 Å². The molecule has 0 fully saturated rings. The predicted molar refractivity (Wildman–Crippen MR) is 56.7 cm³/mol. The summed E-state index contributed by atoms with van der Waals surface area (Å²) in [7, 11) is 1.56. The maximum Gasteiger partial charge on any atom is 0.427 e. The Balaban J connectivity index is 2.35. The van der Waals surface area contributed by atoms with E-state index in [2.05, 4.69) is 0 Å². The van der Waals surface area contributed by atoms with Gasteiger partial charge in [0.1, 0.15) is 12.0 Å². The summed E-state index contributed by atoms with van der Waals surface area (Å²) in [5.74, 6) is 0. The Morgan fingerprint density at radius 3 is 3.13 bits per heavy atom. The number of hydrogen-bond acceptors (Lipinski definition) is 5. The predicted octanol–water partition coefficient (Wildman–Crippen LogP) is 2.31. The van der Waals surface area contributed by atoms with Crippen LogP contribution in [0.5, 0.6) is 0 Å². The first kappa shape index (κ1) is 12.2. The van der Waals surface area contributed by atoms with Gasteiger partial charge < -0.3 is 13.7 Å².